The Kier molecular flexibility index (Phi) is 7.96. The van der Waals surface area contributed by atoms with Crippen molar-refractivity contribution in [3.63, 3.8) is 0 Å². The summed E-state index contributed by atoms with van der Waals surface area (Å²) >= 11 is 1.72. The molecule has 0 N–H and O–H groups in total. The Morgan fingerprint density at radius 2 is 1.97 bits per heavy atom. The highest BCUT2D eigenvalue weighted by Gasteiger charge is 2.33. The Hall–Kier alpha value is -2.54. The van der Waals surface area contributed by atoms with Crippen LogP contribution in [-0.4, -0.2) is 55.0 Å². The monoisotopic (exact) mass is 444 g/mol. The van der Waals surface area contributed by atoms with Crippen LogP contribution in [0, 0.1) is 5.92 Å². The topological polar surface area (TPSA) is 59.1 Å². The van der Waals surface area contributed by atoms with Gasteiger partial charge in [0.2, 0.25) is 11.8 Å². The number of methoxy groups -OCH3 is 1. The van der Waals surface area contributed by atoms with Crippen LogP contribution in [-0.2, 0) is 16.0 Å². The van der Waals surface area contributed by atoms with E-state index in [2.05, 4.69) is 25.3 Å². The summed E-state index contributed by atoms with van der Waals surface area (Å²) in [6.45, 7) is 7.60. The van der Waals surface area contributed by atoms with Crippen molar-refractivity contribution in [2.45, 2.75) is 39.7 Å². The van der Waals surface area contributed by atoms with Gasteiger partial charge in [0.25, 0.3) is 0 Å². The van der Waals surface area contributed by atoms with Crippen LogP contribution in [0.4, 0.5) is 0 Å². The molecule has 0 radical (unpaired) electrons. The highest BCUT2D eigenvalue weighted by molar-refractivity contribution is 7.10. The summed E-state index contributed by atoms with van der Waals surface area (Å²) in [5, 5.41) is 2.07. The van der Waals surface area contributed by atoms with Crippen molar-refractivity contribution in [3.05, 3.63) is 46.2 Å². The molecule has 2 heterocycles. The summed E-state index contributed by atoms with van der Waals surface area (Å²) in [6, 6.07) is 9.41. The highest BCUT2D eigenvalue weighted by Crippen LogP contribution is 2.35. The van der Waals surface area contributed by atoms with E-state index in [1.165, 1.54) is 4.88 Å². The number of amides is 2. The molecule has 0 bridgehead atoms. The van der Waals surface area contributed by atoms with Crippen molar-refractivity contribution in [2.75, 3.05) is 33.4 Å². The van der Waals surface area contributed by atoms with Crippen molar-refractivity contribution in [1.29, 1.82) is 0 Å². The molecule has 3 rings (SSSR count). The second kappa shape index (κ2) is 10.7. The standard InChI is InChI=1S/C24H32N2O4S/c1-5-23(27)25(14-17(2)3)15-24(28)26-12-10-22-18(11-13-31-22)19(26)16-30-21-9-7-6-8-20(21)29-4/h6-9,11,13,17,19H,5,10,12,14-16H2,1-4H3. The molecule has 31 heavy (non-hydrogen) atoms. The molecule has 1 unspecified atom stereocenters. The first-order valence-electron chi connectivity index (χ1n) is 10.8. The highest BCUT2D eigenvalue weighted by atomic mass is 32.1. The number of nitrogens with zero attached hydrogens (tertiary/aromatic N) is 2. The van der Waals surface area contributed by atoms with E-state index < -0.39 is 0 Å². The Morgan fingerprint density at radius 1 is 1.23 bits per heavy atom. The summed E-state index contributed by atoms with van der Waals surface area (Å²) in [5.41, 5.74) is 1.14. The van der Waals surface area contributed by atoms with Crippen molar-refractivity contribution < 1.29 is 19.1 Å². The lowest BCUT2D eigenvalue weighted by Crippen LogP contribution is -2.48. The summed E-state index contributed by atoms with van der Waals surface area (Å²) in [7, 11) is 1.61. The molecule has 0 saturated heterocycles. The molecule has 2 amide bonds. The predicted molar refractivity (Wildman–Crippen MR) is 123 cm³/mol. The summed E-state index contributed by atoms with van der Waals surface area (Å²) in [5.74, 6) is 1.60. The van der Waals surface area contributed by atoms with Crippen molar-refractivity contribution in [1.82, 2.24) is 9.80 Å². The minimum atomic E-state index is -0.190. The van der Waals surface area contributed by atoms with Gasteiger partial charge in [-0.15, -0.1) is 11.3 Å². The normalized spacial score (nSPS) is 15.5. The molecule has 7 heteroatoms. The molecular weight excluding hydrogens is 412 g/mol. The maximum atomic E-state index is 13.3. The summed E-state index contributed by atoms with van der Waals surface area (Å²) < 4.78 is 11.5. The Labute approximate surface area is 188 Å². The predicted octanol–water partition coefficient (Wildman–Crippen LogP) is 4.16. The van der Waals surface area contributed by atoms with Gasteiger partial charge in [-0.2, -0.15) is 0 Å². The number of carbonyl (C=O) groups is 2. The van der Waals surface area contributed by atoms with Crippen LogP contribution in [0.2, 0.25) is 0 Å². The Bertz CT molecular complexity index is 895. The average molecular weight is 445 g/mol. The Morgan fingerprint density at radius 3 is 2.65 bits per heavy atom. The molecule has 1 atom stereocenters. The molecule has 1 aliphatic rings. The zero-order valence-corrected chi connectivity index (χ0v) is 19.6. The zero-order valence-electron chi connectivity index (χ0n) is 18.8. The van der Waals surface area contributed by atoms with Crippen LogP contribution in [0.1, 0.15) is 43.7 Å². The molecule has 0 spiro atoms. The van der Waals surface area contributed by atoms with Gasteiger partial charge in [-0.05, 0) is 41.5 Å². The molecule has 1 aromatic carbocycles. The largest absolute Gasteiger partial charge is 0.493 e. The van der Waals surface area contributed by atoms with Crippen LogP contribution < -0.4 is 9.47 Å². The first kappa shape index (κ1) is 23.1. The smallest absolute Gasteiger partial charge is 0.242 e. The van der Waals surface area contributed by atoms with E-state index in [9.17, 15) is 9.59 Å². The van der Waals surface area contributed by atoms with Gasteiger partial charge in [-0.3, -0.25) is 9.59 Å². The first-order chi connectivity index (χ1) is 14.9. The third kappa shape index (κ3) is 5.58. The Balaban J connectivity index is 1.79. The molecule has 6 nitrogen and oxygen atoms in total. The number of hydrogen-bond donors (Lipinski definition) is 0. The van der Waals surface area contributed by atoms with Gasteiger partial charge in [0.05, 0.1) is 19.7 Å². The lowest BCUT2D eigenvalue weighted by atomic mass is 10.00. The van der Waals surface area contributed by atoms with Gasteiger partial charge in [-0.25, -0.2) is 0 Å². The molecule has 1 aliphatic heterocycles. The SMILES string of the molecule is CCC(=O)N(CC(=O)N1CCc2sccc2C1COc1ccccc1OC)CC(C)C. The third-order valence-corrected chi connectivity index (χ3v) is 6.44. The van der Waals surface area contributed by atoms with Gasteiger partial charge in [0.15, 0.2) is 11.5 Å². The summed E-state index contributed by atoms with van der Waals surface area (Å²) in [4.78, 5) is 30.6. The lowest BCUT2D eigenvalue weighted by molar-refractivity contribution is -0.143. The van der Waals surface area contributed by atoms with Crippen molar-refractivity contribution >= 4 is 23.2 Å². The maximum absolute atomic E-state index is 13.3. The molecule has 1 aromatic heterocycles. The number of ether oxygens (including phenoxy) is 2. The van der Waals surface area contributed by atoms with Crippen molar-refractivity contribution in [3.8, 4) is 11.5 Å². The van der Waals surface area contributed by atoms with Gasteiger partial charge < -0.3 is 19.3 Å². The number of rotatable bonds is 9. The van der Waals surface area contributed by atoms with Gasteiger partial charge >= 0.3 is 0 Å². The summed E-state index contributed by atoms with van der Waals surface area (Å²) in [6.07, 6.45) is 1.23. The van der Waals surface area contributed by atoms with E-state index in [1.54, 1.807) is 23.3 Å². The number of thiophene rings is 1. The quantitative estimate of drug-likeness (QED) is 0.583. The fraction of sp³-hybridized carbons (Fsp3) is 0.500. The number of hydrogen-bond acceptors (Lipinski definition) is 5. The van der Waals surface area contributed by atoms with E-state index in [0.29, 0.717) is 43.5 Å². The van der Waals surface area contributed by atoms with E-state index in [4.69, 9.17) is 9.47 Å². The second-order valence-electron chi connectivity index (χ2n) is 8.14. The number of para-hydroxylation sites is 2. The molecule has 0 aliphatic carbocycles. The molecule has 0 fully saturated rings. The van der Waals surface area contributed by atoms with Crippen LogP contribution in [0.15, 0.2) is 35.7 Å². The van der Waals surface area contributed by atoms with E-state index in [-0.39, 0.29) is 24.4 Å². The minimum absolute atomic E-state index is 0.0112. The van der Waals surface area contributed by atoms with Gasteiger partial charge in [-0.1, -0.05) is 32.9 Å². The second-order valence-corrected chi connectivity index (χ2v) is 9.14. The molecule has 0 saturated carbocycles. The molecule has 2 aromatic rings. The van der Waals surface area contributed by atoms with Gasteiger partial charge in [0, 0.05) is 24.4 Å². The number of carbonyl (C=O) groups excluding carboxylic acids is 2. The van der Waals surface area contributed by atoms with E-state index in [1.807, 2.05) is 36.1 Å². The van der Waals surface area contributed by atoms with Crippen molar-refractivity contribution in [2.24, 2.45) is 5.92 Å². The average Bonchev–Trinajstić information content (AvgIpc) is 3.25. The fourth-order valence-electron chi connectivity index (χ4n) is 3.95. The molecule has 168 valence electrons. The van der Waals surface area contributed by atoms with Crippen LogP contribution in [0.25, 0.3) is 0 Å². The van der Waals surface area contributed by atoms with E-state index >= 15 is 0 Å². The minimum Gasteiger partial charge on any atom is -0.493 e. The van der Waals surface area contributed by atoms with Crippen LogP contribution >= 0.6 is 11.3 Å². The van der Waals surface area contributed by atoms with Gasteiger partial charge in [0.1, 0.15) is 6.61 Å². The third-order valence-electron chi connectivity index (χ3n) is 5.45. The fourth-order valence-corrected chi connectivity index (χ4v) is 4.88. The van der Waals surface area contributed by atoms with E-state index in [0.717, 1.165) is 12.0 Å². The molecular formula is C24H32N2O4S. The maximum Gasteiger partial charge on any atom is 0.242 e. The first-order valence-corrected chi connectivity index (χ1v) is 11.7. The zero-order chi connectivity index (χ0) is 22.4. The van der Waals surface area contributed by atoms with Crippen LogP contribution in [0.5, 0.6) is 11.5 Å². The number of fused-ring (bicyclic) bond motifs is 1. The van der Waals surface area contributed by atoms with Crippen LogP contribution in [0.3, 0.4) is 0 Å². The lowest BCUT2D eigenvalue weighted by Gasteiger charge is -2.37. The number of benzene rings is 1.